The highest BCUT2D eigenvalue weighted by Gasteiger charge is 2.22. The van der Waals surface area contributed by atoms with Crippen molar-refractivity contribution in [3.8, 4) is 16.2 Å². The SMILES string of the molecule is Cc1c(C(C)Oc2cc(-c3cnc(C4CCN(C)CC4)s3)cnc2N)ccnc1I. The van der Waals surface area contributed by atoms with Gasteiger partial charge >= 0.3 is 0 Å². The van der Waals surface area contributed by atoms with E-state index in [-0.39, 0.29) is 6.10 Å². The maximum absolute atomic E-state index is 6.22. The lowest BCUT2D eigenvalue weighted by molar-refractivity contribution is 0.226. The summed E-state index contributed by atoms with van der Waals surface area (Å²) in [6.45, 7) is 6.35. The van der Waals surface area contributed by atoms with Gasteiger partial charge in [0, 0.05) is 30.1 Å². The molecule has 0 aliphatic carbocycles. The topological polar surface area (TPSA) is 77.2 Å². The summed E-state index contributed by atoms with van der Waals surface area (Å²) in [7, 11) is 2.18. The van der Waals surface area contributed by atoms with E-state index in [4.69, 9.17) is 15.5 Å². The summed E-state index contributed by atoms with van der Waals surface area (Å²) in [5, 5.41) is 1.22. The molecule has 0 radical (unpaired) electrons. The van der Waals surface area contributed by atoms with Crippen LogP contribution in [0.1, 0.15) is 47.9 Å². The van der Waals surface area contributed by atoms with E-state index in [0.717, 1.165) is 38.4 Å². The molecule has 0 amide bonds. The number of nitrogens with zero attached hydrogens (tertiary/aromatic N) is 4. The highest BCUT2D eigenvalue weighted by molar-refractivity contribution is 14.1. The van der Waals surface area contributed by atoms with Crippen LogP contribution in [0.15, 0.2) is 30.7 Å². The van der Waals surface area contributed by atoms with E-state index in [0.29, 0.717) is 17.5 Å². The van der Waals surface area contributed by atoms with Gasteiger partial charge in [-0.15, -0.1) is 11.3 Å². The summed E-state index contributed by atoms with van der Waals surface area (Å²) < 4.78 is 7.20. The molecule has 1 aliphatic rings. The van der Waals surface area contributed by atoms with Crippen molar-refractivity contribution < 1.29 is 4.74 Å². The largest absolute Gasteiger partial charge is 0.482 e. The Morgan fingerprint density at radius 2 is 2.00 bits per heavy atom. The van der Waals surface area contributed by atoms with Crippen molar-refractivity contribution >= 4 is 39.7 Å². The number of piperidine rings is 1. The Bertz CT molecular complexity index is 1030. The number of aromatic nitrogens is 3. The molecule has 3 aromatic heterocycles. The summed E-state index contributed by atoms with van der Waals surface area (Å²) >= 11 is 4.00. The first-order valence-corrected chi connectivity index (χ1v) is 12.0. The van der Waals surface area contributed by atoms with E-state index in [9.17, 15) is 0 Å². The molecule has 1 aliphatic heterocycles. The minimum absolute atomic E-state index is 0.155. The van der Waals surface area contributed by atoms with Gasteiger partial charge in [0.1, 0.15) is 9.80 Å². The van der Waals surface area contributed by atoms with Gasteiger partial charge in [0.05, 0.1) is 9.88 Å². The molecule has 8 heteroatoms. The van der Waals surface area contributed by atoms with E-state index in [1.54, 1.807) is 17.5 Å². The predicted molar refractivity (Wildman–Crippen MR) is 130 cm³/mol. The molecule has 3 aromatic rings. The van der Waals surface area contributed by atoms with Crippen LogP contribution < -0.4 is 10.5 Å². The predicted octanol–water partition coefficient (Wildman–Crippen LogP) is 5.04. The molecule has 4 heterocycles. The lowest BCUT2D eigenvalue weighted by atomic mass is 9.98. The summed E-state index contributed by atoms with van der Waals surface area (Å²) in [4.78, 5) is 16.9. The van der Waals surface area contributed by atoms with Crippen LogP contribution in [-0.2, 0) is 0 Å². The molecule has 0 saturated carbocycles. The van der Waals surface area contributed by atoms with Crippen molar-refractivity contribution in [2.24, 2.45) is 0 Å². The number of nitrogen functional groups attached to an aromatic ring is 1. The summed E-state index contributed by atoms with van der Waals surface area (Å²) in [5.74, 6) is 1.54. The molecular weight excluding hydrogens is 509 g/mol. The zero-order valence-electron chi connectivity index (χ0n) is 17.4. The monoisotopic (exact) mass is 535 g/mol. The quantitative estimate of drug-likeness (QED) is 0.364. The number of likely N-dealkylation sites (tertiary alicyclic amines) is 1. The third-order valence-corrected chi connectivity index (χ3v) is 7.98. The molecule has 0 aromatic carbocycles. The third-order valence-electron chi connectivity index (χ3n) is 5.68. The number of anilines is 1. The Morgan fingerprint density at radius 1 is 1.23 bits per heavy atom. The van der Waals surface area contributed by atoms with Crippen molar-refractivity contribution in [3.63, 3.8) is 0 Å². The number of rotatable bonds is 5. The third kappa shape index (κ3) is 4.60. The molecule has 158 valence electrons. The van der Waals surface area contributed by atoms with Crippen LogP contribution in [0.4, 0.5) is 5.82 Å². The van der Waals surface area contributed by atoms with Crippen molar-refractivity contribution in [3.05, 3.63) is 50.6 Å². The summed E-state index contributed by atoms with van der Waals surface area (Å²) in [6, 6.07) is 3.97. The Kier molecular flexibility index (Phi) is 6.54. The van der Waals surface area contributed by atoms with Crippen molar-refractivity contribution in [2.75, 3.05) is 25.9 Å². The van der Waals surface area contributed by atoms with Crippen LogP contribution in [0, 0.1) is 10.6 Å². The molecule has 1 atom stereocenters. The number of halogens is 1. The van der Waals surface area contributed by atoms with Crippen LogP contribution in [0.25, 0.3) is 10.4 Å². The van der Waals surface area contributed by atoms with Crippen LogP contribution in [-0.4, -0.2) is 40.0 Å². The van der Waals surface area contributed by atoms with Gasteiger partial charge in [-0.2, -0.15) is 0 Å². The zero-order valence-corrected chi connectivity index (χ0v) is 20.4. The normalized spacial score (nSPS) is 16.5. The second-order valence-electron chi connectivity index (χ2n) is 7.82. The fourth-order valence-electron chi connectivity index (χ4n) is 3.77. The van der Waals surface area contributed by atoms with Gasteiger partial charge in [0.25, 0.3) is 0 Å². The lowest BCUT2D eigenvalue weighted by Crippen LogP contribution is -2.29. The summed E-state index contributed by atoms with van der Waals surface area (Å²) in [6.07, 6.45) is 7.74. The number of pyridine rings is 2. The first kappa shape index (κ1) is 21.5. The second-order valence-corrected chi connectivity index (χ2v) is 9.91. The zero-order chi connectivity index (χ0) is 21.3. The van der Waals surface area contributed by atoms with Gasteiger partial charge in [0.15, 0.2) is 11.6 Å². The molecule has 2 N–H and O–H groups in total. The molecule has 30 heavy (non-hydrogen) atoms. The Labute approximate surface area is 195 Å². The number of ether oxygens (including phenoxy) is 1. The Hall–Kier alpha value is -1.78. The molecule has 1 fully saturated rings. The fourth-order valence-corrected chi connectivity index (χ4v) is 5.31. The van der Waals surface area contributed by atoms with Crippen LogP contribution in [0.5, 0.6) is 5.75 Å². The molecule has 0 spiro atoms. The maximum Gasteiger partial charge on any atom is 0.166 e. The van der Waals surface area contributed by atoms with Gasteiger partial charge in [-0.05, 0) is 92.7 Å². The van der Waals surface area contributed by atoms with Gasteiger partial charge in [-0.25, -0.2) is 9.97 Å². The first-order chi connectivity index (χ1) is 14.4. The maximum atomic E-state index is 6.22. The highest BCUT2D eigenvalue weighted by Crippen LogP contribution is 2.37. The van der Waals surface area contributed by atoms with Gasteiger partial charge in [0.2, 0.25) is 0 Å². The molecule has 0 bridgehead atoms. The molecule has 4 rings (SSSR count). The number of thiazole rings is 1. The van der Waals surface area contributed by atoms with Crippen LogP contribution >= 0.6 is 33.9 Å². The van der Waals surface area contributed by atoms with E-state index in [1.807, 2.05) is 31.5 Å². The Balaban J connectivity index is 1.54. The number of nitrogens with two attached hydrogens (primary N) is 1. The van der Waals surface area contributed by atoms with Gasteiger partial charge < -0.3 is 15.4 Å². The number of hydrogen-bond donors (Lipinski definition) is 1. The average molecular weight is 535 g/mol. The molecule has 1 unspecified atom stereocenters. The van der Waals surface area contributed by atoms with E-state index in [1.165, 1.54) is 17.8 Å². The molecule has 6 nitrogen and oxygen atoms in total. The standard InChI is InChI=1S/C22H26IN5OS/c1-13-17(4-7-25-20(13)23)14(2)29-18-10-16(11-26-21(18)24)19-12-27-22(30-19)15-5-8-28(3)9-6-15/h4,7,10-12,14-15H,5-6,8-9H2,1-3H3,(H2,24,26). The van der Waals surface area contributed by atoms with Gasteiger partial charge in [-0.3, -0.25) is 4.98 Å². The van der Waals surface area contributed by atoms with Crippen LogP contribution in [0.2, 0.25) is 0 Å². The van der Waals surface area contributed by atoms with E-state index in [2.05, 4.69) is 51.4 Å². The van der Waals surface area contributed by atoms with E-state index < -0.39 is 0 Å². The minimum atomic E-state index is -0.155. The Morgan fingerprint density at radius 3 is 2.77 bits per heavy atom. The molecule has 1 saturated heterocycles. The summed E-state index contributed by atoms with van der Waals surface area (Å²) in [5.41, 5.74) is 9.34. The number of hydrogen-bond acceptors (Lipinski definition) is 7. The minimum Gasteiger partial charge on any atom is -0.482 e. The van der Waals surface area contributed by atoms with Crippen molar-refractivity contribution in [1.29, 1.82) is 0 Å². The van der Waals surface area contributed by atoms with Crippen LogP contribution in [0.3, 0.4) is 0 Å². The van der Waals surface area contributed by atoms with Crippen molar-refractivity contribution in [1.82, 2.24) is 19.9 Å². The smallest absolute Gasteiger partial charge is 0.166 e. The van der Waals surface area contributed by atoms with Gasteiger partial charge in [-0.1, -0.05) is 0 Å². The lowest BCUT2D eigenvalue weighted by Gasteiger charge is -2.27. The van der Waals surface area contributed by atoms with Crippen molar-refractivity contribution in [2.45, 2.75) is 38.7 Å². The molecular formula is C22H26IN5OS. The first-order valence-electron chi connectivity index (χ1n) is 10.1. The average Bonchev–Trinajstić information content (AvgIpc) is 3.22. The highest BCUT2D eigenvalue weighted by atomic mass is 127. The second kappa shape index (κ2) is 9.15. The van der Waals surface area contributed by atoms with E-state index >= 15 is 0 Å². The fraction of sp³-hybridized carbons (Fsp3) is 0.409.